The number of hydrogen-bond acceptors (Lipinski definition) is 3. The van der Waals surface area contributed by atoms with Crippen LogP contribution in [0, 0.1) is 0 Å². The van der Waals surface area contributed by atoms with Crippen LogP contribution in [0.2, 0.25) is 0 Å². The molecule has 1 aromatic carbocycles. The Morgan fingerprint density at radius 1 is 1.16 bits per heavy atom. The molecule has 2 N–H and O–H groups in total. The lowest BCUT2D eigenvalue weighted by Gasteiger charge is -2.24. The number of rotatable bonds is 9. The minimum absolute atomic E-state index is 0.00937. The quantitative estimate of drug-likeness (QED) is 0.703. The van der Waals surface area contributed by atoms with Gasteiger partial charge in [-0.1, -0.05) is 48.0 Å². The maximum absolute atomic E-state index is 6.17. The van der Waals surface area contributed by atoms with Crippen LogP contribution >= 0.6 is 15.9 Å². The molecule has 1 rings (SSSR count). The molecule has 0 heterocycles. The number of benzene rings is 1. The molecule has 0 fully saturated rings. The molecule has 3 nitrogen and oxygen atoms in total. The number of halogens is 1. The fourth-order valence-electron chi connectivity index (χ4n) is 1.84. The van der Waals surface area contributed by atoms with Gasteiger partial charge in [-0.2, -0.15) is 0 Å². The smallest absolute Gasteiger partial charge is 0.0987 e. The summed E-state index contributed by atoms with van der Waals surface area (Å²) in [5, 5.41) is 0. The second kappa shape index (κ2) is 9.48. The summed E-state index contributed by atoms with van der Waals surface area (Å²) in [5.74, 6) is 0. The summed E-state index contributed by atoms with van der Waals surface area (Å²) < 4.78 is 12.4. The average molecular weight is 330 g/mol. The van der Waals surface area contributed by atoms with Gasteiger partial charge in [-0.05, 0) is 24.5 Å². The van der Waals surface area contributed by atoms with Crippen molar-refractivity contribution in [1.82, 2.24) is 0 Å². The summed E-state index contributed by atoms with van der Waals surface area (Å²) in [7, 11) is 0. The zero-order valence-corrected chi connectivity index (χ0v) is 13.4. The third kappa shape index (κ3) is 5.61. The van der Waals surface area contributed by atoms with Crippen molar-refractivity contribution in [3.05, 3.63) is 34.3 Å². The third-order valence-corrected chi connectivity index (χ3v) is 3.67. The molecule has 0 saturated heterocycles. The summed E-state index contributed by atoms with van der Waals surface area (Å²) in [4.78, 5) is 0. The molecule has 19 heavy (non-hydrogen) atoms. The molecule has 1 aromatic rings. The molecule has 0 radical (unpaired) electrons. The third-order valence-electron chi connectivity index (χ3n) is 2.95. The highest BCUT2D eigenvalue weighted by atomic mass is 79.9. The van der Waals surface area contributed by atoms with Crippen LogP contribution in [-0.4, -0.2) is 25.9 Å². The van der Waals surface area contributed by atoms with E-state index in [1.807, 2.05) is 18.2 Å². The van der Waals surface area contributed by atoms with Gasteiger partial charge >= 0.3 is 0 Å². The number of hydrogen-bond donors (Lipinski definition) is 1. The van der Waals surface area contributed by atoms with E-state index in [1.54, 1.807) is 0 Å². The predicted octanol–water partition coefficient (Wildman–Crippen LogP) is 3.67. The Hall–Kier alpha value is -0.420. The molecule has 0 bridgehead atoms. The van der Waals surface area contributed by atoms with E-state index < -0.39 is 0 Å². The van der Waals surface area contributed by atoms with Crippen molar-refractivity contribution in [3.8, 4) is 0 Å². The first-order valence-electron chi connectivity index (χ1n) is 6.90. The van der Waals surface area contributed by atoms with Gasteiger partial charge in [0.05, 0.1) is 19.3 Å². The lowest BCUT2D eigenvalue weighted by Crippen LogP contribution is -2.30. The van der Waals surface area contributed by atoms with E-state index in [2.05, 4.69) is 35.8 Å². The fraction of sp³-hybridized carbons (Fsp3) is 0.600. The van der Waals surface area contributed by atoms with E-state index in [9.17, 15) is 0 Å². The van der Waals surface area contributed by atoms with Crippen LogP contribution in [0.4, 0.5) is 0 Å². The van der Waals surface area contributed by atoms with Crippen LogP contribution in [0.15, 0.2) is 28.7 Å². The van der Waals surface area contributed by atoms with Crippen LogP contribution in [-0.2, 0) is 9.47 Å². The van der Waals surface area contributed by atoms with E-state index in [0.717, 1.165) is 29.5 Å². The minimum Gasteiger partial charge on any atom is -0.379 e. The Labute approximate surface area is 124 Å². The highest BCUT2D eigenvalue weighted by Crippen LogP contribution is 2.28. The zero-order valence-electron chi connectivity index (χ0n) is 11.8. The molecule has 2 atom stereocenters. The van der Waals surface area contributed by atoms with E-state index in [0.29, 0.717) is 13.2 Å². The SMILES string of the molecule is CCCOCCOC(c1ccccc1Br)C(N)CC. The fourth-order valence-corrected chi connectivity index (χ4v) is 2.35. The molecule has 0 aliphatic rings. The largest absolute Gasteiger partial charge is 0.379 e. The highest BCUT2D eigenvalue weighted by molar-refractivity contribution is 9.10. The van der Waals surface area contributed by atoms with Gasteiger partial charge in [0.1, 0.15) is 0 Å². The van der Waals surface area contributed by atoms with Crippen molar-refractivity contribution in [2.24, 2.45) is 5.73 Å². The highest BCUT2D eigenvalue weighted by Gasteiger charge is 2.21. The maximum atomic E-state index is 6.17. The van der Waals surface area contributed by atoms with Crippen molar-refractivity contribution in [1.29, 1.82) is 0 Å². The topological polar surface area (TPSA) is 44.5 Å². The Balaban J connectivity index is 2.60. The standard InChI is InChI=1S/C15H24BrNO2/c1-3-9-18-10-11-19-15(14(17)4-2)12-7-5-6-8-13(12)16/h5-8,14-15H,3-4,9-11,17H2,1-2H3. The van der Waals surface area contributed by atoms with Crippen LogP contribution in [0.1, 0.15) is 38.4 Å². The summed E-state index contributed by atoms with van der Waals surface area (Å²) in [6, 6.07) is 8.06. The zero-order chi connectivity index (χ0) is 14.1. The second-order valence-electron chi connectivity index (χ2n) is 4.50. The lowest BCUT2D eigenvalue weighted by molar-refractivity contribution is -0.00796. The molecule has 0 aliphatic heterocycles. The molecular weight excluding hydrogens is 306 g/mol. The summed E-state index contributed by atoms with van der Waals surface area (Å²) in [5.41, 5.74) is 7.28. The van der Waals surface area contributed by atoms with E-state index in [1.165, 1.54) is 0 Å². The van der Waals surface area contributed by atoms with Gasteiger partial charge in [0, 0.05) is 17.1 Å². The Morgan fingerprint density at radius 3 is 2.53 bits per heavy atom. The van der Waals surface area contributed by atoms with Gasteiger partial charge in [-0.3, -0.25) is 0 Å². The molecule has 108 valence electrons. The van der Waals surface area contributed by atoms with Gasteiger partial charge in [0.2, 0.25) is 0 Å². The molecule has 2 unspecified atom stereocenters. The predicted molar refractivity (Wildman–Crippen MR) is 82.2 cm³/mol. The second-order valence-corrected chi connectivity index (χ2v) is 5.35. The van der Waals surface area contributed by atoms with Crippen LogP contribution in [0.3, 0.4) is 0 Å². The normalized spacial score (nSPS) is 14.3. The van der Waals surface area contributed by atoms with Crippen molar-refractivity contribution >= 4 is 15.9 Å². The lowest BCUT2D eigenvalue weighted by atomic mass is 10.0. The summed E-state index contributed by atoms with van der Waals surface area (Å²) >= 11 is 3.56. The van der Waals surface area contributed by atoms with Crippen molar-refractivity contribution in [2.45, 2.75) is 38.8 Å². The van der Waals surface area contributed by atoms with Gasteiger partial charge in [0.25, 0.3) is 0 Å². The molecule has 0 amide bonds. The van der Waals surface area contributed by atoms with Gasteiger partial charge in [-0.15, -0.1) is 0 Å². The van der Waals surface area contributed by atoms with Crippen molar-refractivity contribution in [3.63, 3.8) is 0 Å². The van der Waals surface area contributed by atoms with E-state index >= 15 is 0 Å². The Kier molecular flexibility index (Phi) is 8.30. The number of nitrogens with two attached hydrogens (primary N) is 1. The maximum Gasteiger partial charge on any atom is 0.0987 e. The molecule has 0 saturated carbocycles. The van der Waals surface area contributed by atoms with Crippen LogP contribution in [0.5, 0.6) is 0 Å². The van der Waals surface area contributed by atoms with E-state index in [-0.39, 0.29) is 12.1 Å². The van der Waals surface area contributed by atoms with Gasteiger partial charge in [0.15, 0.2) is 0 Å². The molecule has 0 aliphatic carbocycles. The Morgan fingerprint density at radius 2 is 1.89 bits per heavy atom. The molecule has 4 heteroatoms. The average Bonchev–Trinajstić information content (AvgIpc) is 2.43. The van der Waals surface area contributed by atoms with Gasteiger partial charge < -0.3 is 15.2 Å². The first kappa shape index (κ1) is 16.6. The first-order chi connectivity index (χ1) is 9.20. The monoisotopic (exact) mass is 329 g/mol. The van der Waals surface area contributed by atoms with Gasteiger partial charge in [-0.25, -0.2) is 0 Å². The first-order valence-corrected chi connectivity index (χ1v) is 7.69. The van der Waals surface area contributed by atoms with Crippen LogP contribution < -0.4 is 5.73 Å². The molecular formula is C15H24BrNO2. The number of ether oxygens (including phenoxy) is 2. The van der Waals surface area contributed by atoms with Crippen molar-refractivity contribution < 1.29 is 9.47 Å². The molecule has 0 aromatic heterocycles. The van der Waals surface area contributed by atoms with Crippen molar-refractivity contribution in [2.75, 3.05) is 19.8 Å². The molecule has 0 spiro atoms. The van der Waals surface area contributed by atoms with E-state index in [4.69, 9.17) is 15.2 Å². The summed E-state index contributed by atoms with van der Waals surface area (Å²) in [6.07, 6.45) is 1.81. The Bertz CT molecular complexity index is 360. The minimum atomic E-state index is -0.0919. The van der Waals surface area contributed by atoms with Crippen LogP contribution in [0.25, 0.3) is 0 Å². The summed E-state index contributed by atoms with van der Waals surface area (Å²) in [6.45, 7) is 6.14.